The number of rotatable bonds is 1. The second-order valence-electron chi connectivity index (χ2n) is 8.00. The number of hydrogen-bond acceptors (Lipinski definition) is 5. The van der Waals surface area contributed by atoms with E-state index >= 15 is 0 Å². The fourth-order valence-corrected chi connectivity index (χ4v) is 3.10. The molecule has 1 unspecified atom stereocenters. The minimum Gasteiger partial charge on any atom is -0.444 e. The Morgan fingerprint density at radius 2 is 2.07 bits per heavy atom. The van der Waals surface area contributed by atoms with Crippen LogP contribution in [0.25, 0.3) is 11.1 Å². The molecule has 0 spiro atoms. The lowest BCUT2D eigenvalue weighted by molar-refractivity contribution is -0.115. The SMILES string of the molecule is CC(C)(C)OC(=O)NC1CC=CCC(=O)Nc2cc(C#N)ccc2-c2ccnc1c2. The van der Waals surface area contributed by atoms with Crippen molar-refractivity contribution in [3.8, 4) is 17.2 Å². The average Bonchev–Trinajstić information content (AvgIpc) is 2.68. The van der Waals surface area contributed by atoms with Crippen LogP contribution in [0.15, 0.2) is 48.7 Å². The Morgan fingerprint density at radius 1 is 1.27 bits per heavy atom. The Labute approximate surface area is 175 Å². The Kier molecular flexibility index (Phi) is 6.17. The number of nitrogens with one attached hydrogen (secondary N) is 2. The molecule has 1 aromatic heterocycles. The molecule has 154 valence electrons. The van der Waals surface area contributed by atoms with Crippen LogP contribution in [-0.2, 0) is 9.53 Å². The van der Waals surface area contributed by atoms with E-state index in [0.29, 0.717) is 23.4 Å². The lowest BCUT2D eigenvalue weighted by Crippen LogP contribution is -2.35. The maximum absolute atomic E-state index is 12.4. The molecule has 3 rings (SSSR count). The molecule has 0 saturated carbocycles. The number of benzene rings is 1. The van der Waals surface area contributed by atoms with Crippen molar-refractivity contribution in [3.63, 3.8) is 0 Å². The Bertz CT molecular complexity index is 1030. The van der Waals surface area contributed by atoms with Gasteiger partial charge >= 0.3 is 6.09 Å². The molecule has 1 atom stereocenters. The molecule has 0 aliphatic carbocycles. The van der Waals surface area contributed by atoms with Gasteiger partial charge in [0.25, 0.3) is 0 Å². The number of pyridine rings is 1. The summed E-state index contributed by atoms with van der Waals surface area (Å²) in [7, 11) is 0. The first-order chi connectivity index (χ1) is 14.2. The van der Waals surface area contributed by atoms with Gasteiger partial charge in [0.05, 0.1) is 23.4 Å². The topological polar surface area (TPSA) is 104 Å². The lowest BCUT2D eigenvalue weighted by atomic mass is 9.99. The molecule has 0 saturated heterocycles. The molecule has 2 aromatic rings. The van der Waals surface area contributed by atoms with E-state index in [0.717, 1.165) is 11.1 Å². The van der Waals surface area contributed by atoms with Crippen molar-refractivity contribution in [2.75, 3.05) is 5.32 Å². The van der Waals surface area contributed by atoms with E-state index in [1.807, 2.05) is 18.2 Å². The normalized spacial score (nSPS) is 16.2. The van der Waals surface area contributed by atoms with Gasteiger partial charge in [-0.1, -0.05) is 18.2 Å². The Morgan fingerprint density at radius 3 is 2.80 bits per heavy atom. The third-order valence-electron chi connectivity index (χ3n) is 4.40. The molecule has 2 N–H and O–H groups in total. The Balaban J connectivity index is 2.02. The van der Waals surface area contributed by atoms with Crippen molar-refractivity contribution < 1.29 is 14.3 Å². The highest BCUT2D eigenvalue weighted by atomic mass is 16.6. The van der Waals surface area contributed by atoms with Crippen LogP contribution in [0.3, 0.4) is 0 Å². The molecule has 0 radical (unpaired) electrons. The van der Waals surface area contributed by atoms with E-state index in [9.17, 15) is 14.9 Å². The van der Waals surface area contributed by atoms with Gasteiger partial charge in [0, 0.05) is 23.9 Å². The highest BCUT2D eigenvalue weighted by molar-refractivity contribution is 5.96. The number of alkyl carbamates (subject to hydrolysis) is 1. The zero-order valence-corrected chi connectivity index (χ0v) is 17.2. The quantitative estimate of drug-likeness (QED) is 0.682. The summed E-state index contributed by atoms with van der Waals surface area (Å²) in [6.45, 7) is 5.41. The summed E-state index contributed by atoms with van der Waals surface area (Å²) in [6, 6.07) is 10.5. The van der Waals surface area contributed by atoms with Crippen molar-refractivity contribution in [2.24, 2.45) is 0 Å². The van der Waals surface area contributed by atoms with Crippen LogP contribution in [-0.4, -0.2) is 22.6 Å². The van der Waals surface area contributed by atoms with Crippen LogP contribution in [0.4, 0.5) is 10.5 Å². The number of anilines is 1. The summed E-state index contributed by atoms with van der Waals surface area (Å²) in [5.41, 5.74) is 2.66. The average molecular weight is 404 g/mol. The summed E-state index contributed by atoms with van der Waals surface area (Å²) in [6.07, 6.45) is 5.35. The second kappa shape index (κ2) is 8.78. The summed E-state index contributed by atoms with van der Waals surface area (Å²) in [5.74, 6) is -0.186. The first-order valence-corrected chi connectivity index (χ1v) is 9.70. The summed E-state index contributed by atoms with van der Waals surface area (Å²) < 4.78 is 5.39. The van der Waals surface area contributed by atoms with Crippen LogP contribution < -0.4 is 10.6 Å². The molecule has 7 heteroatoms. The minimum absolute atomic E-state index is 0.177. The first kappa shape index (κ1) is 21.1. The predicted molar refractivity (Wildman–Crippen MR) is 114 cm³/mol. The maximum Gasteiger partial charge on any atom is 0.408 e. The molecule has 1 aliphatic rings. The van der Waals surface area contributed by atoms with Gasteiger partial charge in [-0.3, -0.25) is 9.78 Å². The van der Waals surface area contributed by atoms with Gasteiger partial charge in [-0.15, -0.1) is 0 Å². The van der Waals surface area contributed by atoms with Crippen LogP contribution in [0.2, 0.25) is 0 Å². The highest BCUT2D eigenvalue weighted by Gasteiger charge is 2.22. The minimum atomic E-state index is -0.615. The molecule has 1 aliphatic heterocycles. The summed E-state index contributed by atoms with van der Waals surface area (Å²) in [5, 5.41) is 15.0. The molecular formula is C23H24N4O3. The first-order valence-electron chi connectivity index (χ1n) is 9.70. The third-order valence-corrected chi connectivity index (χ3v) is 4.40. The number of nitrogens with zero attached hydrogens (tertiary/aromatic N) is 2. The smallest absolute Gasteiger partial charge is 0.408 e. The Hall–Kier alpha value is -3.66. The van der Waals surface area contributed by atoms with Crippen LogP contribution in [0.1, 0.15) is 50.9 Å². The molecule has 30 heavy (non-hydrogen) atoms. The fourth-order valence-electron chi connectivity index (χ4n) is 3.10. The number of carbonyl (C=O) groups is 2. The van der Waals surface area contributed by atoms with Crippen LogP contribution in [0.5, 0.6) is 0 Å². The number of nitriles is 1. The molecule has 0 fully saturated rings. The summed E-state index contributed by atoms with van der Waals surface area (Å²) >= 11 is 0. The van der Waals surface area contributed by atoms with E-state index in [-0.39, 0.29) is 12.3 Å². The number of amides is 2. The maximum atomic E-state index is 12.4. The van der Waals surface area contributed by atoms with E-state index < -0.39 is 17.7 Å². The second-order valence-corrected chi connectivity index (χ2v) is 8.00. The van der Waals surface area contributed by atoms with Crippen molar-refractivity contribution >= 4 is 17.7 Å². The number of hydrogen-bond donors (Lipinski definition) is 2. The molecule has 2 amide bonds. The molecular weight excluding hydrogens is 380 g/mol. The largest absolute Gasteiger partial charge is 0.444 e. The highest BCUT2D eigenvalue weighted by Crippen LogP contribution is 2.31. The van der Waals surface area contributed by atoms with Gasteiger partial charge in [-0.05, 0) is 57.0 Å². The van der Waals surface area contributed by atoms with Gasteiger partial charge in [-0.2, -0.15) is 5.26 Å². The zero-order valence-electron chi connectivity index (χ0n) is 17.2. The lowest BCUT2D eigenvalue weighted by Gasteiger charge is -2.23. The number of carbonyl (C=O) groups excluding carboxylic acids is 2. The molecule has 1 aromatic carbocycles. The van der Waals surface area contributed by atoms with Gasteiger partial charge in [0.2, 0.25) is 5.91 Å². The van der Waals surface area contributed by atoms with E-state index in [1.54, 1.807) is 51.2 Å². The van der Waals surface area contributed by atoms with Gasteiger partial charge < -0.3 is 15.4 Å². The molecule has 7 nitrogen and oxygen atoms in total. The number of ether oxygens (including phenoxy) is 1. The fraction of sp³-hybridized carbons (Fsp3) is 0.304. The van der Waals surface area contributed by atoms with Crippen molar-refractivity contribution in [3.05, 3.63) is 59.9 Å². The van der Waals surface area contributed by atoms with E-state index in [2.05, 4.69) is 21.7 Å². The van der Waals surface area contributed by atoms with E-state index in [4.69, 9.17) is 4.74 Å². The number of aromatic nitrogens is 1. The van der Waals surface area contributed by atoms with Gasteiger partial charge in [-0.25, -0.2) is 4.79 Å². The standard InChI is InChI=1S/C23H24N4O3/c1-23(2,3)30-22(29)27-18-6-4-5-7-21(28)26-19-12-15(14-24)8-9-17(19)16-10-11-25-20(18)13-16/h4-5,8-13,18H,6-7H2,1-3H3,(H,26,28)(H,27,29). The zero-order chi connectivity index (χ0) is 21.7. The van der Waals surface area contributed by atoms with Gasteiger partial charge in [0.1, 0.15) is 5.60 Å². The summed E-state index contributed by atoms with van der Waals surface area (Å²) in [4.78, 5) is 29.1. The monoisotopic (exact) mass is 404 g/mol. The van der Waals surface area contributed by atoms with Crippen LogP contribution in [0, 0.1) is 11.3 Å². The predicted octanol–water partition coefficient (Wildman–Crippen LogP) is 4.47. The molecule has 2 bridgehead atoms. The van der Waals surface area contributed by atoms with Crippen molar-refractivity contribution in [1.82, 2.24) is 10.3 Å². The van der Waals surface area contributed by atoms with Crippen molar-refractivity contribution in [1.29, 1.82) is 5.26 Å². The van der Waals surface area contributed by atoms with Gasteiger partial charge in [0.15, 0.2) is 0 Å². The van der Waals surface area contributed by atoms with Crippen LogP contribution >= 0.6 is 0 Å². The third kappa shape index (κ3) is 5.45. The van der Waals surface area contributed by atoms with Crippen molar-refractivity contribution in [2.45, 2.75) is 45.3 Å². The number of fused-ring (bicyclic) bond motifs is 4. The van der Waals surface area contributed by atoms with E-state index in [1.165, 1.54) is 0 Å². The molecule has 2 heterocycles.